The van der Waals surface area contributed by atoms with Gasteiger partial charge in [0.05, 0.1) is 0 Å². The Labute approximate surface area is 865 Å². The lowest BCUT2D eigenvalue weighted by molar-refractivity contribution is 0.0397. The summed E-state index contributed by atoms with van der Waals surface area (Å²) in [5.74, 6) is 0. The molecule has 36 heteroatoms. The molecular weight excluding hydrogens is 1900 g/mol. The maximum absolute atomic E-state index is 18.0. The van der Waals surface area contributed by atoms with E-state index in [1.165, 1.54) is 58.8 Å². The van der Waals surface area contributed by atoms with Crippen LogP contribution in [0.15, 0.2) is 364 Å². The van der Waals surface area contributed by atoms with Crippen molar-refractivity contribution < 1.29 is 57.5 Å². The third kappa shape index (κ3) is 16.1. The number of hydrogen-bond donors (Lipinski definition) is 0. The number of nitrogens with zero attached hydrogens (tertiary/aromatic N) is 24. The summed E-state index contributed by atoms with van der Waals surface area (Å²) in [6.07, 6.45) is -16.6. The van der Waals surface area contributed by atoms with Gasteiger partial charge in [0.15, 0.2) is 74.0 Å². The SMILES string of the molecule is O=C1N(Cc2ccccc2)C2C(N1Cc1ccccc1)N1CN3C(=O)N(CN4C(=O)N(CN5C(=O)N(CN6C(=O)N(CN7C(=O)N(CN2C1=O)C1C7N(Cc2ccccc2)C(=O)N1Cc1ccccc1)C1C6N(Cc2ccccc2)C(=O)N1Cc1ccccc1)C1C5N(Cc2ccccc2)C(=O)N1Cc1ccccc1)C1C4N(Cc2ccccc2)C(=O)N1Cc1ccccc1)C1C3N(Cc2ccccc2)C(=O)N1Cc1ccccc1. The third-order valence-corrected chi connectivity index (χ3v) is 31.3. The number of carbonyl (C=O) groups excluding carboxylic acids is 12. The van der Waals surface area contributed by atoms with E-state index in [0.717, 1.165) is 0 Å². The average Bonchev–Trinajstić information content (AvgIpc) is 1.54. The highest BCUT2D eigenvalue weighted by Crippen LogP contribution is 2.50. The summed E-state index contributed by atoms with van der Waals surface area (Å²) in [5, 5.41) is 0. The smallest absolute Gasteiger partial charge is 0.296 e. The number of benzene rings is 12. The molecule has 12 unspecified atom stereocenters. The normalized spacial score (nSPS) is 24.0. The molecule has 13 aliphatic heterocycles. The van der Waals surface area contributed by atoms with E-state index in [1.807, 2.05) is 364 Å². The van der Waals surface area contributed by atoms with Gasteiger partial charge in [-0.25, -0.2) is 57.5 Å². The molecule has 13 fully saturated rings. The highest BCUT2D eigenvalue weighted by molar-refractivity contribution is 5.93. The first kappa shape index (κ1) is 93.0. The second-order valence-electron chi connectivity index (χ2n) is 40.2. The summed E-state index contributed by atoms with van der Waals surface area (Å²) in [4.78, 5) is 246. The van der Waals surface area contributed by atoms with E-state index in [4.69, 9.17) is 0 Å². The minimum absolute atomic E-state index is 0.116. The Hall–Kier alpha value is -18.1. The van der Waals surface area contributed by atoms with E-state index in [-0.39, 0.29) is 78.5 Å². The predicted octanol–water partition coefficient (Wildman–Crippen LogP) is 14.9. The highest BCUT2D eigenvalue weighted by Gasteiger charge is 2.72. The van der Waals surface area contributed by atoms with Crippen molar-refractivity contribution in [3.05, 3.63) is 431 Å². The van der Waals surface area contributed by atoms with E-state index in [9.17, 15) is 0 Å². The topological polar surface area (TPSA) is 283 Å². The van der Waals surface area contributed by atoms with Crippen LogP contribution in [0.4, 0.5) is 57.5 Å². The Bertz CT molecular complexity index is 5660. The van der Waals surface area contributed by atoms with E-state index >= 15 is 57.5 Å². The Kier molecular flexibility index (Phi) is 23.8. The lowest BCUT2D eigenvalue weighted by atomic mass is 10.2. The Morgan fingerprint density at radius 3 is 0.260 bits per heavy atom. The molecule has 0 N–H and O–H groups in total. The number of urea groups is 12. The summed E-state index contributed by atoms with van der Waals surface area (Å²) in [6, 6.07) is 103. The van der Waals surface area contributed by atoms with Gasteiger partial charge in [-0.1, -0.05) is 364 Å². The van der Waals surface area contributed by atoms with Crippen molar-refractivity contribution in [3.63, 3.8) is 0 Å². The zero-order valence-electron chi connectivity index (χ0n) is 81.9. The van der Waals surface area contributed by atoms with Crippen LogP contribution >= 0.6 is 0 Å². The lowest BCUT2D eigenvalue weighted by Gasteiger charge is -2.37. The van der Waals surface area contributed by atoms with E-state index in [1.54, 1.807) is 58.8 Å². The molecule has 0 aromatic heterocycles. The molecule has 12 atom stereocenters. The van der Waals surface area contributed by atoms with Gasteiger partial charge in [-0.2, -0.15) is 0 Å². The molecule has 0 saturated carbocycles. The van der Waals surface area contributed by atoms with Gasteiger partial charge in [-0.15, -0.1) is 0 Å². The van der Waals surface area contributed by atoms with Gasteiger partial charge in [0.2, 0.25) is 0 Å². The molecule has 12 aromatic rings. The molecule has 24 amide bonds. The third-order valence-electron chi connectivity index (χ3n) is 31.3. The molecule has 13 saturated heterocycles. The molecule has 25 rings (SSSR count). The second-order valence-corrected chi connectivity index (χ2v) is 40.2. The van der Waals surface area contributed by atoms with Gasteiger partial charge in [0, 0.05) is 78.5 Å². The summed E-state index contributed by atoms with van der Waals surface area (Å²) < 4.78 is 0. The maximum atomic E-state index is 18.0. The molecule has 13 heterocycles. The summed E-state index contributed by atoms with van der Waals surface area (Å²) in [5.41, 5.74) is 7.96. The van der Waals surface area contributed by atoms with E-state index in [2.05, 4.69) is 0 Å². The Morgan fingerprint density at radius 2 is 0.187 bits per heavy atom. The maximum Gasteiger partial charge on any atom is 0.326 e. The van der Waals surface area contributed by atoms with Crippen molar-refractivity contribution in [1.82, 2.24) is 118 Å². The largest absolute Gasteiger partial charge is 0.326 e. The van der Waals surface area contributed by atoms with E-state index in [0.29, 0.717) is 66.8 Å². The van der Waals surface area contributed by atoms with Gasteiger partial charge in [-0.05, 0) is 66.8 Å². The first-order valence-corrected chi connectivity index (χ1v) is 50.8. The quantitative estimate of drug-likeness (QED) is 0.0546. The summed E-state index contributed by atoms with van der Waals surface area (Å²) in [6.45, 7) is -5.57. The van der Waals surface area contributed by atoms with Gasteiger partial charge < -0.3 is 0 Å². The number of amides is 24. The molecule has 12 aromatic carbocycles. The first-order chi connectivity index (χ1) is 73.4. The van der Waals surface area contributed by atoms with Crippen LogP contribution in [0.25, 0.3) is 0 Å². The second kappa shape index (κ2) is 38.4. The molecule has 36 nitrogen and oxygen atoms in total. The van der Waals surface area contributed by atoms with Crippen LogP contribution in [0.1, 0.15) is 66.8 Å². The molecule has 13 aliphatic rings. The molecule has 150 heavy (non-hydrogen) atoms. The fourth-order valence-electron chi connectivity index (χ4n) is 24.6. The highest BCUT2D eigenvalue weighted by atomic mass is 16.2. The standard InChI is InChI=1S/C114H108N24O12/c139-103-115(61-79-37-13-1-14-38-79)91-92(116(103)62-80-39-15-2-16-40-80)128-74-130-95-96(120(66-84-47-23-6-24-48-84)105(141)119(95)65-83-45-21-5-22-46-83)132(111(130)147)76-134-99-100(124(70-88-55-31-10-32-56-88)107(143)123(99)69-87-53-29-9-30-54-87)136(113(134)149)78-138-102-101(125(71-89-57-33-11-34-58-89)108(144)126(102)72-90-59-35-12-36-60-90)137(114(138)150)77-135-98-97(121(67-85-49-25-7-26-50-85)106(142)122(98)68-86-51-27-8-28-52-86)133(112(135)148)75-131-94-93(129(110(131)146)73-127(91)109(128)145)117(63-81-41-17-3-18-42-81)104(140)118(94)64-82-43-19-4-20-44-82/h1-60,91-102H,61-78H2. The monoisotopic (exact) mass is 2000 g/mol. The number of rotatable bonds is 24. The van der Waals surface area contributed by atoms with Crippen LogP contribution in [0.2, 0.25) is 0 Å². The zero-order chi connectivity index (χ0) is 102. The van der Waals surface area contributed by atoms with Crippen molar-refractivity contribution in [2.45, 2.75) is 153 Å². The lowest BCUT2D eigenvalue weighted by Crippen LogP contribution is -2.57. The first-order valence-electron chi connectivity index (χ1n) is 50.8. The van der Waals surface area contributed by atoms with Crippen molar-refractivity contribution in [2.24, 2.45) is 0 Å². The predicted molar refractivity (Wildman–Crippen MR) is 545 cm³/mol. The van der Waals surface area contributed by atoms with Gasteiger partial charge >= 0.3 is 72.4 Å². The van der Waals surface area contributed by atoms with Crippen LogP contribution in [0.3, 0.4) is 0 Å². The molecule has 756 valence electrons. The molecular formula is C114H108N24O12. The minimum Gasteiger partial charge on any atom is -0.296 e. The summed E-state index contributed by atoms with van der Waals surface area (Å²) >= 11 is 0. The van der Waals surface area contributed by atoms with Crippen LogP contribution in [-0.4, -0.2) is 304 Å². The van der Waals surface area contributed by atoms with Crippen LogP contribution in [0, 0.1) is 0 Å². The molecule has 0 spiro atoms. The van der Waals surface area contributed by atoms with Crippen LogP contribution in [0.5, 0.6) is 0 Å². The number of hydrogen-bond acceptors (Lipinski definition) is 12. The van der Waals surface area contributed by atoms with Gasteiger partial charge in [-0.3, -0.25) is 118 Å². The van der Waals surface area contributed by atoms with Crippen LogP contribution < -0.4 is 0 Å². The fraction of sp³-hybridized carbons (Fsp3) is 0.263. The Balaban J connectivity index is 0.728. The molecule has 12 bridgehead atoms. The zero-order valence-corrected chi connectivity index (χ0v) is 81.9. The van der Waals surface area contributed by atoms with Crippen LogP contribution in [-0.2, 0) is 78.5 Å². The average molecular weight is 2010 g/mol. The number of carbonyl (C=O) groups is 12. The number of fused-ring (bicyclic) bond motifs is 30. The van der Waals surface area contributed by atoms with E-state index < -0.39 is 186 Å². The summed E-state index contributed by atoms with van der Waals surface area (Å²) in [7, 11) is 0. The van der Waals surface area contributed by atoms with Crippen molar-refractivity contribution in [1.29, 1.82) is 0 Å². The van der Waals surface area contributed by atoms with Crippen molar-refractivity contribution >= 4 is 72.4 Å². The molecule has 0 radical (unpaired) electrons. The molecule has 0 aliphatic carbocycles. The fourth-order valence-corrected chi connectivity index (χ4v) is 24.6. The van der Waals surface area contributed by atoms with Gasteiger partial charge in [0.25, 0.3) is 0 Å². The van der Waals surface area contributed by atoms with Crippen molar-refractivity contribution in [3.8, 4) is 0 Å². The van der Waals surface area contributed by atoms with Crippen molar-refractivity contribution in [2.75, 3.05) is 40.0 Å². The Morgan fingerprint density at radius 1 is 0.113 bits per heavy atom. The minimum atomic E-state index is -1.39. The van der Waals surface area contributed by atoms with Gasteiger partial charge in [0.1, 0.15) is 40.0 Å².